The number of aromatic amines is 1. The Morgan fingerprint density at radius 1 is 1.13 bits per heavy atom. The van der Waals surface area contributed by atoms with E-state index in [0.29, 0.717) is 39.1 Å². The molecule has 2 aromatic rings. The minimum Gasteiger partial charge on any atom is -0.353 e. The van der Waals surface area contributed by atoms with Crippen molar-refractivity contribution in [3.8, 4) is 0 Å². The van der Waals surface area contributed by atoms with Crippen LogP contribution in [-0.4, -0.2) is 54.8 Å². The molecule has 2 N–H and O–H groups in total. The second-order valence-corrected chi connectivity index (χ2v) is 7.02. The molecule has 8 nitrogen and oxygen atoms in total. The SMILES string of the molecule is CCOC(CCCNC(=O)c1c[nH]c(=O)c(C(=O)N(C)Cc2ccccc2)c1)OCC. The summed E-state index contributed by atoms with van der Waals surface area (Å²) in [6.07, 6.45) is 2.35. The molecular weight excluding hydrogens is 398 g/mol. The van der Waals surface area contributed by atoms with Crippen molar-refractivity contribution in [3.05, 3.63) is 69.6 Å². The summed E-state index contributed by atoms with van der Waals surface area (Å²) in [5.41, 5.74) is 0.569. The molecule has 168 valence electrons. The average Bonchev–Trinajstić information content (AvgIpc) is 2.77. The molecule has 1 heterocycles. The number of carbonyl (C=O) groups excluding carboxylic acids is 2. The molecule has 0 aliphatic rings. The van der Waals surface area contributed by atoms with E-state index in [-0.39, 0.29) is 23.3 Å². The quantitative estimate of drug-likeness (QED) is 0.399. The first-order valence-electron chi connectivity index (χ1n) is 10.5. The van der Waals surface area contributed by atoms with Gasteiger partial charge in [-0.15, -0.1) is 0 Å². The summed E-state index contributed by atoms with van der Waals surface area (Å²) in [7, 11) is 1.62. The molecule has 0 bridgehead atoms. The number of hydrogen-bond acceptors (Lipinski definition) is 5. The van der Waals surface area contributed by atoms with Crippen molar-refractivity contribution in [3.63, 3.8) is 0 Å². The Bertz CT molecular complexity index is 892. The zero-order valence-electron chi connectivity index (χ0n) is 18.3. The van der Waals surface area contributed by atoms with Crippen LogP contribution < -0.4 is 10.9 Å². The highest BCUT2D eigenvalue weighted by atomic mass is 16.7. The van der Waals surface area contributed by atoms with Crippen molar-refractivity contribution in [1.29, 1.82) is 0 Å². The van der Waals surface area contributed by atoms with Crippen LogP contribution in [0.15, 0.2) is 47.4 Å². The molecule has 1 aromatic carbocycles. The number of hydrogen-bond donors (Lipinski definition) is 2. The summed E-state index contributed by atoms with van der Waals surface area (Å²) >= 11 is 0. The minimum absolute atomic E-state index is 0.0705. The van der Waals surface area contributed by atoms with Gasteiger partial charge in [0.15, 0.2) is 6.29 Å². The fourth-order valence-electron chi connectivity index (χ4n) is 3.07. The maximum atomic E-state index is 12.7. The number of ether oxygens (including phenoxy) is 2. The van der Waals surface area contributed by atoms with E-state index in [9.17, 15) is 14.4 Å². The first kappa shape index (κ1) is 24.3. The predicted octanol–water partition coefficient (Wildman–Crippen LogP) is 2.56. The fourth-order valence-corrected chi connectivity index (χ4v) is 3.07. The number of nitrogens with zero attached hydrogens (tertiary/aromatic N) is 1. The largest absolute Gasteiger partial charge is 0.353 e. The van der Waals surface area contributed by atoms with Gasteiger partial charge in [0.05, 0.1) is 5.56 Å². The lowest BCUT2D eigenvalue weighted by molar-refractivity contribution is -0.139. The molecule has 0 saturated carbocycles. The van der Waals surface area contributed by atoms with Crippen molar-refractivity contribution in [2.45, 2.75) is 39.5 Å². The maximum absolute atomic E-state index is 12.7. The highest BCUT2D eigenvalue weighted by molar-refractivity contribution is 5.99. The van der Waals surface area contributed by atoms with Gasteiger partial charge in [0.1, 0.15) is 5.56 Å². The second-order valence-electron chi connectivity index (χ2n) is 7.02. The number of pyridine rings is 1. The third-order valence-corrected chi connectivity index (χ3v) is 4.61. The number of amides is 2. The van der Waals surface area contributed by atoms with Crippen LogP contribution in [-0.2, 0) is 16.0 Å². The van der Waals surface area contributed by atoms with E-state index in [2.05, 4.69) is 10.3 Å². The Morgan fingerprint density at radius 3 is 2.45 bits per heavy atom. The molecule has 0 radical (unpaired) electrons. The Kier molecular flexibility index (Phi) is 9.93. The lowest BCUT2D eigenvalue weighted by Crippen LogP contribution is -2.33. The normalized spacial score (nSPS) is 10.8. The predicted molar refractivity (Wildman–Crippen MR) is 118 cm³/mol. The van der Waals surface area contributed by atoms with Gasteiger partial charge >= 0.3 is 0 Å². The molecule has 0 aliphatic heterocycles. The lowest BCUT2D eigenvalue weighted by atomic mass is 10.1. The third kappa shape index (κ3) is 7.66. The van der Waals surface area contributed by atoms with Gasteiger partial charge in [-0.2, -0.15) is 0 Å². The van der Waals surface area contributed by atoms with Crippen molar-refractivity contribution in [2.24, 2.45) is 0 Å². The van der Waals surface area contributed by atoms with Crippen LogP contribution in [0.2, 0.25) is 0 Å². The monoisotopic (exact) mass is 429 g/mol. The Labute approximate surface area is 182 Å². The summed E-state index contributed by atoms with van der Waals surface area (Å²) in [6.45, 7) is 5.70. The van der Waals surface area contributed by atoms with Gasteiger partial charge in [-0.05, 0) is 31.9 Å². The molecule has 0 aliphatic carbocycles. The van der Waals surface area contributed by atoms with E-state index in [0.717, 1.165) is 5.56 Å². The number of rotatable bonds is 12. The summed E-state index contributed by atoms with van der Waals surface area (Å²) in [5, 5.41) is 2.80. The molecule has 0 saturated heterocycles. The van der Waals surface area contributed by atoms with E-state index in [1.807, 2.05) is 44.2 Å². The summed E-state index contributed by atoms with van der Waals surface area (Å²) in [4.78, 5) is 41.3. The van der Waals surface area contributed by atoms with Crippen LogP contribution in [0.3, 0.4) is 0 Å². The number of aromatic nitrogens is 1. The topological polar surface area (TPSA) is 101 Å². The summed E-state index contributed by atoms with van der Waals surface area (Å²) < 4.78 is 11.0. The molecule has 1 aromatic heterocycles. The molecular formula is C23H31N3O5. The van der Waals surface area contributed by atoms with E-state index < -0.39 is 11.5 Å². The van der Waals surface area contributed by atoms with Gasteiger partial charge in [0.2, 0.25) is 0 Å². The molecule has 0 unspecified atom stereocenters. The zero-order chi connectivity index (χ0) is 22.6. The maximum Gasteiger partial charge on any atom is 0.260 e. The van der Waals surface area contributed by atoms with Crippen LogP contribution in [0.1, 0.15) is 53.0 Å². The molecule has 0 fully saturated rings. The number of H-pyrrole nitrogens is 1. The Balaban J connectivity index is 1.95. The van der Waals surface area contributed by atoms with E-state index in [1.165, 1.54) is 17.2 Å². The van der Waals surface area contributed by atoms with E-state index in [4.69, 9.17) is 9.47 Å². The van der Waals surface area contributed by atoms with Crippen LogP contribution in [0, 0.1) is 0 Å². The Hall–Kier alpha value is -2.97. The highest BCUT2D eigenvalue weighted by Gasteiger charge is 2.18. The van der Waals surface area contributed by atoms with Crippen LogP contribution in [0.5, 0.6) is 0 Å². The van der Waals surface area contributed by atoms with Crippen LogP contribution in [0.25, 0.3) is 0 Å². The Morgan fingerprint density at radius 2 is 1.81 bits per heavy atom. The standard InChI is InChI=1S/C23H31N3O5/c1-4-30-20(31-5-2)12-9-13-24-21(27)18-14-19(22(28)25-15-18)23(29)26(3)16-17-10-7-6-8-11-17/h6-8,10-11,14-15,20H,4-5,9,12-13,16H2,1-3H3,(H,24,27)(H,25,28). The van der Waals surface area contributed by atoms with Crippen LogP contribution >= 0.6 is 0 Å². The van der Waals surface area contributed by atoms with E-state index in [1.54, 1.807) is 7.05 Å². The van der Waals surface area contributed by atoms with Gasteiger partial charge in [-0.25, -0.2) is 0 Å². The minimum atomic E-state index is -0.530. The number of nitrogens with one attached hydrogen (secondary N) is 2. The van der Waals surface area contributed by atoms with Gasteiger partial charge in [0, 0.05) is 46.0 Å². The highest BCUT2D eigenvalue weighted by Crippen LogP contribution is 2.08. The summed E-state index contributed by atoms with van der Waals surface area (Å²) in [6, 6.07) is 10.8. The summed E-state index contributed by atoms with van der Waals surface area (Å²) in [5.74, 6) is -0.809. The number of carbonyl (C=O) groups is 2. The van der Waals surface area contributed by atoms with Crippen molar-refractivity contribution in [1.82, 2.24) is 15.2 Å². The van der Waals surface area contributed by atoms with Crippen molar-refractivity contribution in [2.75, 3.05) is 26.8 Å². The molecule has 8 heteroatoms. The fraction of sp³-hybridized carbons (Fsp3) is 0.435. The first-order valence-corrected chi connectivity index (χ1v) is 10.5. The lowest BCUT2D eigenvalue weighted by Gasteiger charge is -2.17. The second kappa shape index (κ2) is 12.7. The molecule has 2 amide bonds. The first-order chi connectivity index (χ1) is 15.0. The molecule has 2 rings (SSSR count). The van der Waals surface area contributed by atoms with Crippen molar-refractivity contribution < 1.29 is 19.1 Å². The smallest absolute Gasteiger partial charge is 0.260 e. The van der Waals surface area contributed by atoms with E-state index >= 15 is 0 Å². The third-order valence-electron chi connectivity index (χ3n) is 4.61. The van der Waals surface area contributed by atoms with Gasteiger partial charge in [-0.1, -0.05) is 30.3 Å². The molecule has 0 spiro atoms. The van der Waals surface area contributed by atoms with Crippen molar-refractivity contribution >= 4 is 11.8 Å². The van der Waals surface area contributed by atoms with Gasteiger partial charge < -0.3 is 24.7 Å². The van der Waals surface area contributed by atoms with Gasteiger partial charge in [0.25, 0.3) is 17.4 Å². The van der Waals surface area contributed by atoms with Crippen LogP contribution in [0.4, 0.5) is 0 Å². The molecule has 31 heavy (non-hydrogen) atoms. The van der Waals surface area contributed by atoms with Gasteiger partial charge in [-0.3, -0.25) is 14.4 Å². The number of benzene rings is 1. The zero-order valence-corrected chi connectivity index (χ0v) is 18.3. The average molecular weight is 430 g/mol. The molecule has 0 atom stereocenters.